The lowest BCUT2D eigenvalue weighted by Crippen LogP contribution is -2.47. The summed E-state index contributed by atoms with van der Waals surface area (Å²) in [6.07, 6.45) is 2.81. The molecule has 2 fully saturated rings. The van der Waals surface area contributed by atoms with Gasteiger partial charge in [-0.1, -0.05) is 6.07 Å². The van der Waals surface area contributed by atoms with E-state index in [1.54, 1.807) is 18.3 Å². The Balaban J connectivity index is 1.68. The Morgan fingerprint density at radius 2 is 1.83 bits per heavy atom. The number of aryl methyl sites for hydroxylation is 1. The van der Waals surface area contributed by atoms with Crippen molar-refractivity contribution in [1.82, 2.24) is 9.29 Å². The normalized spacial score (nSPS) is 21.5. The van der Waals surface area contributed by atoms with E-state index in [9.17, 15) is 8.42 Å². The number of pyridine rings is 1. The Labute approximate surface area is 141 Å². The van der Waals surface area contributed by atoms with Crippen LogP contribution in [0.1, 0.15) is 18.4 Å². The summed E-state index contributed by atoms with van der Waals surface area (Å²) in [5.41, 5.74) is 1.70. The van der Waals surface area contributed by atoms with Gasteiger partial charge in [-0.2, -0.15) is 4.31 Å². The first-order chi connectivity index (χ1) is 11.5. The molecule has 0 saturated carbocycles. The molecule has 2 saturated heterocycles. The molecule has 2 aromatic rings. The first-order valence-electron chi connectivity index (χ1n) is 8.14. The average molecular weight is 348 g/mol. The van der Waals surface area contributed by atoms with Crippen molar-refractivity contribution in [2.75, 3.05) is 26.3 Å². The number of aromatic nitrogens is 1. The van der Waals surface area contributed by atoms with E-state index in [2.05, 4.69) is 4.98 Å². The van der Waals surface area contributed by atoms with Gasteiger partial charge in [-0.3, -0.25) is 4.98 Å². The molecule has 0 amide bonds. The van der Waals surface area contributed by atoms with Crippen LogP contribution in [0.25, 0.3) is 10.9 Å². The van der Waals surface area contributed by atoms with Gasteiger partial charge in [-0.05, 0) is 30.7 Å². The van der Waals surface area contributed by atoms with E-state index >= 15 is 0 Å². The van der Waals surface area contributed by atoms with Gasteiger partial charge in [0.2, 0.25) is 10.0 Å². The monoisotopic (exact) mass is 348 g/mol. The molecule has 2 aliphatic rings. The highest BCUT2D eigenvalue weighted by Crippen LogP contribution is 2.34. The van der Waals surface area contributed by atoms with Crippen LogP contribution in [0.5, 0.6) is 0 Å². The van der Waals surface area contributed by atoms with Gasteiger partial charge in [-0.15, -0.1) is 0 Å². The van der Waals surface area contributed by atoms with Crippen LogP contribution in [0.2, 0.25) is 0 Å². The van der Waals surface area contributed by atoms with E-state index in [0.717, 1.165) is 11.1 Å². The lowest BCUT2D eigenvalue weighted by molar-refractivity contribution is -0.179. The molecular weight excluding hydrogens is 328 g/mol. The van der Waals surface area contributed by atoms with Gasteiger partial charge in [0.25, 0.3) is 0 Å². The van der Waals surface area contributed by atoms with Gasteiger partial charge in [0, 0.05) is 37.5 Å². The Morgan fingerprint density at radius 1 is 1.12 bits per heavy atom. The fourth-order valence-corrected chi connectivity index (χ4v) is 5.13. The van der Waals surface area contributed by atoms with E-state index in [1.807, 2.05) is 19.1 Å². The van der Waals surface area contributed by atoms with E-state index in [0.29, 0.717) is 49.4 Å². The van der Waals surface area contributed by atoms with Gasteiger partial charge in [0.15, 0.2) is 5.79 Å². The highest BCUT2D eigenvalue weighted by Gasteiger charge is 2.42. The Bertz CT molecular complexity index is 865. The first kappa shape index (κ1) is 16.0. The van der Waals surface area contributed by atoms with Crippen molar-refractivity contribution in [2.24, 2.45) is 0 Å². The molecule has 0 atom stereocenters. The molecule has 24 heavy (non-hydrogen) atoms. The van der Waals surface area contributed by atoms with Crippen molar-refractivity contribution in [3.05, 3.63) is 36.0 Å². The summed E-state index contributed by atoms with van der Waals surface area (Å²) in [5.74, 6) is -0.580. The fourth-order valence-electron chi connectivity index (χ4n) is 3.50. The third kappa shape index (κ3) is 2.52. The molecule has 2 aliphatic heterocycles. The molecule has 0 radical (unpaired) electrons. The molecular formula is C17H20N2O4S. The van der Waals surface area contributed by atoms with Crippen molar-refractivity contribution < 1.29 is 17.9 Å². The van der Waals surface area contributed by atoms with Gasteiger partial charge in [0.1, 0.15) is 0 Å². The van der Waals surface area contributed by atoms with Gasteiger partial charge in [-0.25, -0.2) is 8.42 Å². The lowest BCUT2D eigenvalue weighted by Gasteiger charge is -2.36. The number of benzene rings is 1. The maximum Gasteiger partial charge on any atom is 0.243 e. The van der Waals surface area contributed by atoms with Gasteiger partial charge in [0.05, 0.1) is 23.6 Å². The van der Waals surface area contributed by atoms with Crippen molar-refractivity contribution in [1.29, 1.82) is 0 Å². The number of piperidine rings is 1. The quantitative estimate of drug-likeness (QED) is 0.831. The van der Waals surface area contributed by atoms with E-state index in [-0.39, 0.29) is 0 Å². The highest BCUT2D eigenvalue weighted by atomic mass is 32.2. The molecule has 0 aliphatic carbocycles. The summed E-state index contributed by atoms with van der Waals surface area (Å²) >= 11 is 0. The standard InChI is InChI=1S/C17H20N2O4S/c1-13-4-5-15(14-3-2-8-18-16(13)14)24(20,21)19-9-6-17(7-10-19)22-11-12-23-17/h2-5,8H,6-7,9-12H2,1H3. The smallest absolute Gasteiger partial charge is 0.243 e. The molecule has 4 rings (SSSR count). The van der Waals surface area contributed by atoms with Crippen LogP contribution < -0.4 is 0 Å². The topological polar surface area (TPSA) is 68.7 Å². The summed E-state index contributed by atoms with van der Waals surface area (Å²) in [6.45, 7) is 3.91. The number of ether oxygens (including phenoxy) is 2. The number of hydrogen-bond acceptors (Lipinski definition) is 5. The van der Waals surface area contributed by atoms with Crippen LogP contribution in [-0.4, -0.2) is 49.8 Å². The molecule has 0 unspecified atom stereocenters. The van der Waals surface area contributed by atoms with Crippen LogP contribution in [-0.2, 0) is 19.5 Å². The fraction of sp³-hybridized carbons (Fsp3) is 0.471. The zero-order valence-corrected chi connectivity index (χ0v) is 14.4. The minimum absolute atomic E-state index is 0.320. The number of hydrogen-bond donors (Lipinski definition) is 0. The summed E-state index contributed by atoms with van der Waals surface area (Å²) in [7, 11) is -3.57. The Kier molecular flexibility index (Phi) is 3.84. The lowest BCUT2D eigenvalue weighted by atomic mass is 10.1. The molecule has 0 bridgehead atoms. The number of rotatable bonds is 2. The second-order valence-corrected chi connectivity index (χ2v) is 8.20. The predicted octanol–water partition coefficient (Wildman–Crippen LogP) is 2.07. The van der Waals surface area contributed by atoms with Crippen molar-refractivity contribution >= 4 is 20.9 Å². The Hall–Kier alpha value is -1.54. The SMILES string of the molecule is Cc1ccc(S(=O)(=O)N2CCC3(CC2)OCCO3)c2cccnc12. The van der Waals surface area contributed by atoms with Gasteiger partial charge < -0.3 is 9.47 Å². The second kappa shape index (κ2) is 5.77. The largest absolute Gasteiger partial charge is 0.347 e. The van der Waals surface area contributed by atoms with Crippen LogP contribution in [0, 0.1) is 6.92 Å². The molecule has 7 heteroatoms. The summed E-state index contributed by atoms with van der Waals surface area (Å²) in [5, 5.41) is 0.672. The number of sulfonamides is 1. The molecule has 128 valence electrons. The van der Waals surface area contributed by atoms with Crippen LogP contribution in [0.3, 0.4) is 0 Å². The molecule has 3 heterocycles. The average Bonchev–Trinajstić information content (AvgIpc) is 3.03. The van der Waals surface area contributed by atoms with E-state index in [4.69, 9.17) is 9.47 Å². The zero-order valence-electron chi connectivity index (χ0n) is 13.6. The molecule has 1 spiro atoms. The van der Waals surface area contributed by atoms with E-state index in [1.165, 1.54) is 4.31 Å². The number of fused-ring (bicyclic) bond motifs is 1. The number of nitrogens with zero attached hydrogens (tertiary/aromatic N) is 2. The third-order valence-corrected chi connectivity index (χ3v) is 6.80. The van der Waals surface area contributed by atoms with Crippen LogP contribution in [0.4, 0.5) is 0 Å². The predicted molar refractivity (Wildman–Crippen MR) is 89.1 cm³/mol. The van der Waals surface area contributed by atoms with Crippen LogP contribution in [0.15, 0.2) is 35.4 Å². The summed E-state index contributed by atoms with van der Waals surface area (Å²) in [6, 6.07) is 7.08. The van der Waals surface area contributed by atoms with Crippen molar-refractivity contribution in [3.8, 4) is 0 Å². The van der Waals surface area contributed by atoms with Crippen molar-refractivity contribution in [2.45, 2.75) is 30.4 Å². The molecule has 1 aromatic heterocycles. The van der Waals surface area contributed by atoms with Gasteiger partial charge >= 0.3 is 0 Å². The van der Waals surface area contributed by atoms with Crippen LogP contribution >= 0.6 is 0 Å². The summed E-state index contributed by atoms with van der Waals surface area (Å²) in [4.78, 5) is 4.65. The molecule has 6 nitrogen and oxygen atoms in total. The Morgan fingerprint density at radius 3 is 2.54 bits per heavy atom. The minimum atomic E-state index is -3.57. The maximum atomic E-state index is 13.1. The zero-order chi connectivity index (χ0) is 16.8. The second-order valence-electron chi connectivity index (χ2n) is 6.29. The highest BCUT2D eigenvalue weighted by molar-refractivity contribution is 7.89. The third-order valence-electron chi connectivity index (χ3n) is 4.85. The minimum Gasteiger partial charge on any atom is -0.347 e. The van der Waals surface area contributed by atoms with Crippen molar-refractivity contribution in [3.63, 3.8) is 0 Å². The van der Waals surface area contributed by atoms with E-state index < -0.39 is 15.8 Å². The maximum absolute atomic E-state index is 13.1. The summed E-state index contributed by atoms with van der Waals surface area (Å²) < 4.78 is 39.2. The first-order valence-corrected chi connectivity index (χ1v) is 9.58. The molecule has 0 N–H and O–H groups in total. The molecule has 1 aromatic carbocycles.